The minimum Gasteiger partial charge on any atom is -0.326 e. The normalized spacial score (nSPS) is 12.2. The van der Waals surface area contributed by atoms with Gasteiger partial charge in [0.15, 0.2) is 0 Å². The van der Waals surface area contributed by atoms with E-state index < -0.39 is 0 Å². The molecular formula is C10H13NOS. The van der Waals surface area contributed by atoms with Crippen LogP contribution in [0.5, 0.6) is 0 Å². The third-order valence-corrected chi connectivity index (χ3v) is 1.99. The summed E-state index contributed by atoms with van der Waals surface area (Å²) in [5.41, 5.74) is 1.93. The molecule has 70 valence electrons. The first-order valence-electron chi connectivity index (χ1n) is 4.15. The molecule has 1 aromatic carbocycles. The molecule has 0 saturated heterocycles. The average Bonchev–Trinajstić information content (AvgIpc) is 2.03. The van der Waals surface area contributed by atoms with E-state index in [0.29, 0.717) is 0 Å². The van der Waals surface area contributed by atoms with Crippen molar-refractivity contribution in [2.75, 3.05) is 5.32 Å². The standard InChI is InChI=1S/C10H13NOS/c1-7(13)9-4-3-5-10(6-9)11-8(2)12/h3-7,13H,1-2H3,(H,11,12). The van der Waals surface area contributed by atoms with Gasteiger partial charge in [-0.05, 0) is 24.6 Å². The quantitative estimate of drug-likeness (QED) is 0.698. The topological polar surface area (TPSA) is 29.1 Å². The van der Waals surface area contributed by atoms with E-state index >= 15 is 0 Å². The molecule has 0 spiro atoms. The van der Waals surface area contributed by atoms with Crippen LogP contribution < -0.4 is 5.32 Å². The Hall–Kier alpha value is -0.960. The van der Waals surface area contributed by atoms with Crippen molar-refractivity contribution in [2.45, 2.75) is 19.1 Å². The van der Waals surface area contributed by atoms with Gasteiger partial charge in [0.05, 0.1) is 0 Å². The van der Waals surface area contributed by atoms with Gasteiger partial charge in [-0.2, -0.15) is 12.6 Å². The molecule has 0 aliphatic rings. The Bertz CT molecular complexity index is 310. The molecule has 0 aromatic heterocycles. The minimum absolute atomic E-state index is 0.0519. The Morgan fingerprint density at radius 1 is 1.54 bits per heavy atom. The van der Waals surface area contributed by atoms with Crippen LogP contribution in [0.4, 0.5) is 5.69 Å². The molecule has 3 heteroatoms. The Morgan fingerprint density at radius 3 is 2.77 bits per heavy atom. The maximum atomic E-state index is 10.8. The number of amides is 1. The highest BCUT2D eigenvalue weighted by molar-refractivity contribution is 7.80. The monoisotopic (exact) mass is 195 g/mol. The lowest BCUT2D eigenvalue weighted by molar-refractivity contribution is -0.114. The molecule has 1 rings (SSSR count). The Kier molecular flexibility index (Phi) is 3.37. The molecule has 1 aromatic rings. The summed E-state index contributed by atoms with van der Waals surface area (Å²) >= 11 is 4.31. The predicted octanol–water partition coefficient (Wildman–Crippen LogP) is 2.64. The average molecular weight is 195 g/mol. The molecule has 1 atom stereocenters. The molecule has 0 aliphatic carbocycles. The second-order valence-electron chi connectivity index (χ2n) is 2.98. The van der Waals surface area contributed by atoms with Crippen molar-refractivity contribution in [1.82, 2.24) is 0 Å². The maximum absolute atomic E-state index is 10.8. The van der Waals surface area contributed by atoms with E-state index in [1.165, 1.54) is 6.92 Å². The van der Waals surface area contributed by atoms with Crippen LogP contribution in [0.25, 0.3) is 0 Å². The molecule has 0 bridgehead atoms. The SMILES string of the molecule is CC(=O)Nc1cccc(C(C)S)c1. The largest absolute Gasteiger partial charge is 0.326 e. The number of rotatable bonds is 2. The lowest BCUT2D eigenvalue weighted by atomic mass is 10.1. The zero-order chi connectivity index (χ0) is 9.84. The van der Waals surface area contributed by atoms with Crippen LogP contribution in [0.2, 0.25) is 0 Å². The van der Waals surface area contributed by atoms with Crippen molar-refractivity contribution in [3.8, 4) is 0 Å². The van der Waals surface area contributed by atoms with Crippen LogP contribution >= 0.6 is 12.6 Å². The van der Waals surface area contributed by atoms with E-state index in [9.17, 15) is 4.79 Å². The van der Waals surface area contributed by atoms with Crippen molar-refractivity contribution in [3.05, 3.63) is 29.8 Å². The van der Waals surface area contributed by atoms with Crippen LogP contribution in [0.1, 0.15) is 24.7 Å². The zero-order valence-electron chi connectivity index (χ0n) is 7.74. The molecule has 2 nitrogen and oxygen atoms in total. The highest BCUT2D eigenvalue weighted by Crippen LogP contribution is 2.21. The van der Waals surface area contributed by atoms with Crippen molar-refractivity contribution in [1.29, 1.82) is 0 Å². The van der Waals surface area contributed by atoms with Gasteiger partial charge in [0.1, 0.15) is 0 Å². The van der Waals surface area contributed by atoms with E-state index in [1.807, 2.05) is 31.2 Å². The predicted molar refractivity (Wildman–Crippen MR) is 58.1 cm³/mol. The molecule has 0 aliphatic heterocycles. The molecule has 0 saturated carbocycles. The number of thiol groups is 1. The summed E-state index contributed by atoms with van der Waals surface area (Å²) in [6.07, 6.45) is 0. The van der Waals surface area contributed by atoms with E-state index in [2.05, 4.69) is 17.9 Å². The number of carbonyl (C=O) groups is 1. The minimum atomic E-state index is -0.0519. The molecule has 1 unspecified atom stereocenters. The summed E-state index contributed by atoms with van der Waals surface area (Å²) in [6, 6.07) is 7.69. The first-order valence-corrected chi connectivity index (χ1v) is 4.67. The number of benzene rings is 1. The fourth-order valence-electron chi connectivity index (χ4n) is 1.08. The van der Waals surface area contributed by atoms with Gasteiger partial charge < -0.3 is 5.32 Å². The van der Waals surface area contributed by atoms with Gasteiger partial charge in [-0.1, -0.05) is 12.1 Å². The molecular weight excluding hydrogens is 182 g/mol. The van der Waals surface area contributed by atoms with Gasteiger partial charge in [0.25, 0.3) is 0 Å². The molecule has 0 heterocycles. The first-order chi connectivity index (χ1) is 6.09. The number of nitrogens with one attached hydrogen (secondary N) is 1. The summed E-state index contributed by atoms with van der Waals surface area (Å²) < 4.78 is 0. The zero-order valence-corrected chi connectivity index (χ0v) is 8.64. The second kappa shape index (κ2) is 4.33. The Balaban J connectivity index is 2.85. The Morgan fingerprint density at radius 2 is 2.23 bits per heavy atom. The summed E-state index contributed by atoms with van der Waals surface area (Å²) in [4.78, 5) is 10.8. The summed E-state index contributed by atoms with van der Waals surface area (Å²) in [6.45, 7) is 3.49. The van der Waals surface area contributed by atoms with E-state index in [-0.39, 0.29) is 11.2 Å². The van der Waals surface area contributed by atoms with Gasteiger partial charge in [-0.15, -0.1) is 0 Å². The Labute approximate surface area is 83.8 Å². The summed E-state index contributed by atoms with van der Waals surface area (Å²) in [7, 11) is 0. The highest BCUT2D eigenvalue weighted by Gasteiger charge is 2.01. The lowest BCUT2D eigenvalue weighted by Crippen LogP contribution is -2.05. The molecule has 13 heavy (non-hydrogen) atoms. The first kappa shape index (κ1) is 10.1. The van der Waals surface area contributed by atoms with Crippen molar-refractivity contribution in [3.63, 3.8) is 0 Å². The van der Waals surface area contributed by atoms with Crippen LogP contribution in [0.3, 0.4) is 0 Å². The summed E-state index contributed by atoms with van der Waals surface area (Å²) in [5, 5.41) is 2.92. The van der Waals surface area contributed by atoms with Gasteiger partial charge in [-0.3, -0.25) is 4.79 Å². The molecule has 1 N–H and O–H groups in total. The summed E-state index contributed by atoms with van der Waals surface area (Å²) in [5.74, 6) is -0.0519. The van der Waals surface area contributed by atoms with Crippen molar-refractivity contribution >= 4 is 24.2 Å². The molecule has 0 fully saturated rings. The fraction of sp³-hybridized carbons (Fsp3) is 0.300. The van der Waals surface area contributed by atoms with Crippen LogP contribution in [0.15, 0.2) is 24.3 Å². The third-order valence-electron chi connectivity index (χ3n) is 1.69. The third kappa shape index (κ3) is 3.11. The number of hydrogen-bond donors (Lipinski definition) is 2. The van der Waals surface area contributed by atoms with Gasteiger partial charge in [0.2, 0.25) is 5.91 Å². The number of hydrogen-bond acceptors (Lipinski definition) is 2. The fourth-order valence-corrected chi connectivity index (χ4v) is 1.24. The van der Waals surface area contributed by atoms with Gasteiger partial charge in [0, 0.05) is 17.9 Å². The van der Waals surface area contributed by atoms with Crippen molar-refractivity contribution in [2.24, 2.45) is 0 Å². The van der Waals surface area contributed by atoms with Crippen molar-refractivity contribution < 1.29 is 4.79 Å². The maximum Gasteiger partial charge on any atom is 0.221 e. The second-order valence-corrected chi connectivity index (χ2v) is 3.76. The number of anilines is 1. The van der Waals surface area contributed by atoms with Crippen LogP contribution in [-0.4, -0.2) is 5.91 Å². The molecule has 1 amide bonds. The van der Waals surface area contributed by atoms with Gasteiger partial charge >= 0.3 is 0 Å². The van der Waals surface area contributed by atoms with E-state index in [4.69, 9.17) is 0 Å². The van der Waals surface area contributed by atoms with E-state index in [0.717, 1.165) is 11.3 Å². The van der Waals surface area contributed by atoms with Gasteiger partial charge in [-0.25, -0.2) is 0 Å². The molecule has 0 radical (unpaired) electrons. The number of carbonyl (C=O) groups excluding carboxylic acids is 1. The highest BCUT2D eigenvalue weighted by atomic mass is 32.1. The van der Waals surface area contributed by atoms with Crippen LogP contribution in [-0.2, 0) is 4.79 Å². The lowest BCUT2D eigenvalue weighted by Gasteiger charge is -2.07. The van der Waals surface area contributed by atoms with Crippen LogP contribution in [0, 0.1) is 0 Å². The van der Waals surface area contributed by atoms with E-state index in [1.54, 1.807) is 0 Å². The smallest absolute Gasteiger partial charge is 0.221 e.